The third-order valence-corrected chi connectivity index (χ3v) is 3.40. The summed E-state index contributed by atoms with van der Waals surface area (Å²) in [7, 11) is 1.64. The lowest BCUT2D eigenvalue weighted by Gasteiger charge is -2.13. The molecule has 5 heteroatoms. The molecule has 21 heavy (non-hydrogen) atoms. The van der Waals surface area contributed by atoms with Gasteiger partial charge in [-0.25, -0.2) is 0 Å². The Hall–Kier alpha value is -2.56. The number of ether oxygens (including phenoxy) is 3. The fraction of sp³-hybridized carbons (Fsp3) is 0.250. The maximum Gasteiger partial charge on any atom is 0.231 e. The number of rotatable bonds is 4. The SMILES string of the molecule is COc1cc(C)ccc1NCc1cc2c(cc1O)OCO2. The second kappa shape index (κ2) is 5.44. The van der Waals surface area contributed by atoms with Gasteiger partial charge in [0.1, 0.15) is 11.5 Å². The summed E-state index contributed by atoms with van der Waals surface area (Å²) in [5, 5.41) is 13.3. The van der Waals surface area contributed by atoms with Gasteiger partial charge in [-0.2, -0.15) is 0 Å². The van der Waals surface area contributed by atoms with Gasteiger partial charge in [0.15, 0.2) is 11.5 Å². The van der Waals surface area contributed by atoms with Crippen LogP contribution in [0.5, 0.6) is 23.0 Å². The first-order valence-electron chi connectivity index (χ1n) is 6.67. The van der Waals surface area contributed by atoms with Gasteiger partial charge in [0, 0.05) is 18.2 Å². The molecular weight excluding hydrogens is 270 g/mol. The van der Waals surface area contributed by atoms with Crippen LogP contribution in [0.1, 0.15) is 11.1 Å². The Bertz CT molecular complexity index is 670. The van der Waals surface area contributed by atoms with Gasteiger partial charge in [-0.15, -0.1) is 0 Å². The Balaban J connectivity index is 1.79. The number of phenolic OH excluding ortho intramolecular Hbond substituents is 1. The lowest BCUT2D eigenvalue weighted by atomic mass is 10.1. The minimum atomic E-state index is 0.179. The van der Waals surface area contributed by atoms with Crippen molar-refractivity contribution in [1.29, 1.82) is 0 Å². The molecule has 0 unspecified atom stereocenters. The molecular formula is C16H17NO4. The number of phenols is 1. The van der Waals surface area contributed by atoms with Crippen molar-refractivity contribution in [2.75, 3.05) is 19.2 Å². The first-order valence-corrected chi connectivity index (χ1v) is 6.67. The highest BCUT2D eigenvalue weighted by Gasteiger charge is 2.17. The van der Waals surface area contributed by atoms with E-state index in [4.69, 9.17) is 14.2 Å². The standard InChI is InChI=1S/C16H17NO4/c1-10-3-4-12(14(5-10)19-2)17-8-11-6-15-16(7-13(11)18)21-9-20-15/h3-7,17-18H,8-9H2,1-2H3. The van der Waals surface area contributed by atoms with Gasteiger partial charge in [-0.05, 0) is 30.7 Å². The first-order chi connectivity index (χ1) is 10.2. The topological polar surface area (TPSA) is 60.0 Å². The summed E-state index contributed by atoms with van der Waals surface area (Å²) in [6, 6.07) is 9.28. The van der Waals surface area contributed by atoms with E-state index in [2.05, 4.69) is 5.32 Å². The van der Waals surface area contributed by atoms with Crippen molar-refractivity contribution in [2.24, 2.45) is 0 Å². The summed E-state index contributed by atoms with van der Waals surface area (Å²) in [5.74, 6) is 2.18. The predicted molar refractivity (Wildman–Crippen MR) is 79.3 cm³/mol. The van der Waals surface area contributed by atoms with Crippen LogP contribution in [0.4, 0.5) is 5.69 Å². The molecule has 0 bridgehead atoms. The first kappa shape index (κ1) is 13.4. The van der Waals surface area contributed by atoms with Crippen molar-refractivity contribution in [3.05, 3.63) is 41.5 Å². The number of anilines is 1. The highest BCUT2D eigenvalue weighted by molar-refractivity contribution is 5.59. The van der Waals surface area contributed by atoms with Gasteiger partial charge in [0.25, 0.3) is 0 Å². The fourth-order valence-electron chi connectivity index (χ4n) is 2.25. The van der Waals surface area contributed by atoms with Crippen molar-refractivity contribution in [2.45, 2.75) is 13.5 Å². The van der Waals surface area contributed by atoms with Gasteiger partial charge >= 0.3 is 0 Å². The Morgan fingerprint density at radius 3 is 2.71 bits per heavy atom. The zero-order chi connectivity index (χ0) is 14.8. The third-order valence-electron chi connectivity index (χ3n) is 3.40. The summed E-state index contributed by atoms with van der Waals surface area (Å²) in [4.78, 5) is 0. The van der Waals surface area contributed by atoms with E-state index in [9.17, 15) is 5.11 Å². The summed E-state index contributed by atoms with van der Waals surface area (Å²) < 4.78 is 15.9. The van der Waals surface area contributed by atoms with Crippen LogP contribution < -0.4 is 19.5 Å². The molecule has 0 atom stereocenters. The molecule has 0 aliphatic carbocycles. The number of methoxy groups -OCH3 is 1. The molecule has 0 fully saturated rings. The third kappa shape index (κ3) is 2.67. The number of fused-ring (bicyclic) bond motifs is 1. The normalized spacial score (nSPS) is 12.3. The van der Waals surface area contributed by atoms with Crippen LogP contribution in [0.25, 0.3) is 0 Å². The fourth-order valence-corrected chi connectivity index (χ4v) is 2.25. The zero-order valence-corrected chi connectivity index (χ0v) is 12.0. The molecule has 5 nitrogen and oxygen atoms in total. The van der Waals surface area contributed by atoms with Crippen LogP contribution in [0.2, 0.25) is 0 Å². The quantitative estimate of drug-likeness (QED) is 0.905. The molecule has 0 amide bonds. The summed E-state index contributed by atoms with van der Waals surface area (Å²) in [5.41, 5.74) is 2.74. The molecule has 0 saturated heterocycles. The number of hydrogen-bond acceptors (Lipinski definition) is 5. The van der Waals surface area contributed by atoms with E-state index in [0.717, 1.165) is 22.6 Å². The Labute approximate surface area is 123 Å². The van der Waals surface area contributed by atoms with Crippen LogP contribution in [-0.2, 0) is 6.54 Å². The monoisotopic (exact) mass is 287 g/mol. The van der Waals surface area contributed by atoms with E-state index in [-0.39, 0.29) is 12.5 Å². The minimum Gasteiger partial charge on any atom is -0.507 e. The van der Waals surface area contributed by atoms with E-state index in [0.29, 0.717) is 18.0 Å². The Kier molecular flexibility index (Phi) is 3.48. The Morgan fingerprint density at radius 2 is 1.95 bits per heavy atom. The number of nitrogens with one attached hydrogen (secondary N) is 1. The summed E-state index contributed by atoms with van der Waals surface area (Å²) in [6.45, 7) is 2.66. The van der Waals surface area contributed by atoms with Crippen molar-refractivity contribution < 1.29 is 19.3 Å². The average molecular weight is 287 g/mol. The molecule has 110 valence electrons. The molecule has 1 heterocycles. The number of aryl methyl sites for hydroxylation is 1. The van der Waals surface area contributed by atoms with Crippen molar-refractivity contribution in [3.63, 3.8) is 0 Å². The molecule has 0 saturated carbocycles. The van der Waals surface area contributed by atoms with Crippen LogP contribution in [-0.4, -0.2) is 19.0 Å². The van der Waals surface area contributed by atoms with E-state index in [1.54, 1.807) is 19.2 Å². The van der Waals surface area contributed by atoms with Crippen LogP contribution in [0.3, 0.4) is 0 Å². The maximum atomic E-state index is 10.0. The second-order valence-electron chi connectivity index (χ2n) is 4.89. The number of aromatic hydroxyl groups is 1. The molecule has 2 aromatic carbocycles. The zero-order valence-electron chi connectivity index (χ0n) is 12.0. The molecule has 0 spiro atoms. The molecule has 0 radical (unpaired) electrons. The van der Waals surface area contributed by atoms with E-state index in [1.807, 2.05) is 25.1 Å². The summed E-state index contributed by atoms with van der Waals surface area (Å²) in [6.07, 6.45) is 0. The lowest BCUT2D eigenvalue weighted by Crippen LogP contribution is -2.02. The molecule has 3 rings (SSSR count). The van der Waals surface area contributed by atoms with Crippen LogP contribution in [0, 0.1) is 6.92 Å². The van der Waals surface area contributed by atoms with E-state index >= 15 is 0 Å². The summed E-state index contributed by atoms with van der Waals surface area (Å²) >= 11 is 0. The van der Waals surface area contributed by atoms with Gasteiger partial charge in [-0.3, -0.25) is 0 Å². The van der Waals surface area contributed by atoms with Crippen LogP contribution in [0.15, 0.2) is 30.3 Å². The second-order valence-corrected chi connectivity index (χ2v) is 4.89. The maximum absolute atomic E-state index is 10.0. The Morgan fingerprint density at radius 1 is 1.19 bits per heavy atom. The van der Waals surface area contributed by atoms with Gasteiger partial charge in [0.2, 0.25) is 6.79 Å². The van der Waals surface area contributed by atoms with E-state index in [1.165, 1.54) is 0 Å². The molecule has 1 aliphatic rings. The van der Waals surface area contributed by atoms with Gasteiger partial charge < -0.3 is 24.6 Å². The van der Waals surface area contributed by atoms with Crippen molar-refractivity contribution >= 4 is 5.69 Å². The van der Waals surface area contributed by atoms with Gasteiger partial charge in [0.05, 0.1) is 12.8 Å². The van der Waals surface area contributed by atoms with Crippen molar-refractivity contribution in [3.8, 4) is 23.0 Å². The lowest BCUT2D eigenvalue weighted by molar-refractivity contribution is 0.174. The smallest absolute Gasteiger partial charge is 0.231 e. The molecule has 0 aromatic heterocycles. The van der Waals surface area contributed by atoms with E-state index < -0.39 is 0 Å². The number of hydrogen-bond donors (Lipinski definition) is 2. The predicted octanol–water partition coefficient (Wildman–Crippen LogP) is 3.05. The highest BCUT2D eigenvalue weighted by Crippen LogP contribution is 2.38. The van der Waals surface area contributed by atoms with Crippen LogP contribution >= 0.6 is 0 Å². The minimum absolute atomic E-state index is 0.179. The molecule has 2 N–H and O–H groups in total. The average Bonchev–Trinajstić information content (AvgIpc) is 2.92. The molecule has 1 aliphatic heterocycles. The van der Waals surface area contributed by atoms with Gasteiger partial charge in [-0.1, -0.05) is 6.07 Å². The number of benzene rings is 2. The van der Waals surface area contributed by atoms with Crippen molar-refractivity contribution in [1.82, 2.24) is 0 Å². The molecule has 2 aromatic rings. The largest absolute Gasteiger partial charge is 0.507 e. The highest BCUT2D eigenvalue weighted by atomic mass is 16.7.